The van der Waals surface area contributed by atoms with E-state index in [2.05, 4.69) is 10.2 Å². The van der Waals surface area contributed by atoms with E-state index in [0.717, 1.165) is 28.2 Å². The minimum atomic E-state index is -0.432. The van der Waals surface area contributed by atoms with Crippen molar-refractivity contribution in [3.8, 4) is 28.5 Å². The number of halogens is 1. The summed E-state index contributed by atoms with van der Waals surface area (Å²) in [5.41, 5.74) is 4.66. The van der Waals surface area contributed by atoms with Crippen molar-refractivity contribution in [2.24, 2.45) is 0 Å². The largest absolute Gasteiger partial charge is 0.507 e. The van der Waals surface area contributed by atoms with Crippen molar-refractivity contribution in [1.29, 1.82) is 0 Å². The highest BCUT2D eigenvalue weighted by Crippen LogP contribution is 2.46. The van der Waals surface area contributed by atoms with Gasteiger partial charge in [-0.3, -0.25) is 9.89 Å². The maximum atomic E-state index is 13.6. The second-order valence-electron chi connectivity index (χ2n) is 8.44. The Labute approximate surface area is 207 Å². The van der Waals surface area contributed by atoms with Gasteiger partial charge in [-0.1, -0.05) is 35.9 Å². The number of H-pyrrole nitrogens is 1. The van der Waals surface area contributed by atoms with Crippen molar-refractivity contribution in [2.45, 2.75) is 19.5 Å². The first-order valence-corrected chi connectivity index (χ1v) is 11.4. The van der Waals surface area contributed by atoms with Crippen LogP contribution in [-0.2, 0) is 6.54 Å². The molecule has 5 rings (SSSR count). The molecule has 0 fully saturated rings. The predicted molar refractivity (Wildman–Crippen MR) is 133 cm³/mol. The Bertz CT molecular complexity index is 1400. The van der Waals surface area contributed by atoms with Crippen LogP contribution in [0.2, 0.25) is 5.02 Å². The van der Waals surface area contributed by atoms with Crippen molar-refractivity contribution < 1.29 is 19.4 Å². The van der Waals surface area contributed by atoms with Gasteiger partial charge in [0.05, 0.1) is 20.3 Å². The van der Waals surface area contributed by atoms with Gasteiger partial charge in [0.2, 0.25) is 0 Å². The third kappa shape index (κ3) is 3.98. The number of aromatic amines is 1. The summed E-state index contributed by atoms with van der Waals surface area (Å²) in [6.45, 7) is 2.20. The van der Waals surface area contributed by atoms with Gasteiger partial charge in [-0.15, -0.1) is 0 Å². The van der Waals surface area contributed by atoms with E-state index in [1.807, 2.05) is 55.5 Å². The molecule has 0 spiro atoms. The molecule has 1 unspecified atom stereocenters. The third-order valence-corrected chi connectivity index (χ3v) is 6.75. The Balaban J connectivity index is 1.64. The molecule has 2 heterocycles. The lowest BCUT2D eigenvalue weighted by Crippen LogP contribution is -2.29. The topological polar surface area (TPSA) is 87.7 Å². The maximum Gasteiger partial charge on any atom is 0.273 e. The lowest BCUT2D eigenvalue weighted by molar-refractivity contribution is 0.0730. The van der Waals surface area contributed by atoms with E-state index in [0.29, 0.717) is 34.1 Å². The molecule has 1 amide bonds. The molecule has 1 aromatic heterocycles. The van der Waals surface area contributed by atoms with Crippen LogP contribution in [0, 0.1) is 6.92 Å². The number of nitrogens with zero attached hydrogens (tertiary/aromatic N) is 2. The summed E-state index contributed by atoms with van der Waals surface area (Å²) >= 11 is 6.38. The number of aromatic nitrogens is 2. The SMILES string of the molecule is COc1ccc(CN2C(=O)c3[nH]nc(-c4cc(Cl)c(C)cc4O)c3C2c2ccc(OC)cc2)cc1. The van der Waals surface area contributed by atoms with E-state index < -0.39 is 6.04 Å². The molecular formula is C27H24ClN3O4. The summed E-state index contributed by atoms with van der Waals surface area (Å²) in [5.74, 6) is 1.34. The lowest BCUT2D eigenvalue weighted by Gasteiger charge is -2.27. The molecule has 7 nitrogen and oxygen atoms in total. The van der Waals surface area contributed by atoms with E-state index in [1.165, 1.54) is 0 Å². The first kappa shape index (κ1) is 22.8. The highest BCUT2D eigenvalue weighted by atomic mass is 35.5. The summed E-state index contributed by atoms with van der Waals surface area (Å²) in [5, 5.41) is 18.6. The van der Waals surface area contributed by atoms with Crippen molar-refractivity contribution in [3.05, 3.63) is 93.6 Å². The summed E-state index contributed by atoms with van der Waals surface area (Å²) in [7, 11) is 3.23. The van der Waals surface area contributed by atoms with Crippen LogP contribution in [0.1, 0.15) is 38.8 Å². The Morgan fingerprint density at radius 3 is 2.29 bits per heavy atom. The molecule has 3 aromatic carbocycles. The number of hydrogen-bond donors (Lipinski definition) is 2. The van der Waals surface area contributed by atoms with E-state index in [9.17, 15) is 9.90 Å². The van der Waals surface area contributed by atoms with Gasteiger partial charge in [0.1, 0.15) is 28.6 Å². The summed E-state index contributed by atoms with van der Waals surface area (Å²) in [6, 6.07) is 18.1. The van der Waals surface area contributed by atoms with E-state index in [-0.39, 0.29) is 11.7 Å². The number of phenols is 1. The Hall–Kier alpha value is -3.97. The van der Waals surface area contributed by atoms with Gasteiger partial charge in [-0.25, -0.2) is 0 Å². The zero-order valence-electron chi connectivity index (χ0n) is 19.5. The molecule has 0 bridgehead atoms. The summed E-state index contributed by atoms with van der Waals surface area (Å²) in [4.78, 5) is 15.4. The van der Waals surface area contributed by atoms with Crippen LogP contribution in [0.15, 0.2) is 60.7 Å². The molecule has 1 atom stereocenters. The Morgan fingerprint density at radius 2 is 1.66 bits per heavy atom. The second-order valence-corrected chi connectivity index (χ2v) is 8.84. The standard InChI is InChI=1S/C27H24ClN3O4/c1-15-12-22(32)20(13-21(15)28)24-23-25(30-29-24)27(33)31(14-16-4-8-18(34-2)9-5-16)26(23)17-6-10-19(35-3)11-7-17/h4-13,26,32H,14H2,1-3H3,(H,29,30). The number of aryl methyl sites for hydroxylation is 1. The number of carbonyl (C=O) groups excluding carboxylic acids is 1. The fourth-order valence-electron chi connectivity index (χ4n) is 4.48. The van der Waals surface area contributed by atoms with Gasteiger partial charge in [0.25, 0.3) is 5.91 Å². The number of ether oxygens (including phenoxy) is 2. The monoisotopic (exact) mass is 489 g/mol. The summed E-state index contributed by atoms with van der Waals surface area (Å²) in [6.07, 6.45) is 0. The molecule has 178 valence electrons. The Kier molecular flexibility index (Phi) is 5.86. The highest BCUT2D eigenvalue weighted by molar-refractivity contribution is 6.31. The van der Waals surface area contributed by atoms with Crippen LogP contribution in [-0.4, -0.2) is 40.3 Å². The summed E-state index contributed by atoms with van der Waals surface area (Å²) < 4.78 is 10.6. The molecule has 8 heteroatoms. The zero-order chi connectivity index (χ0) is 24.7. The number of amides is 1. The van der Waals surface area contributed by atoms with Crippen LogP contribution in [0.4, 0.5) is 0 Å². The predicted octanol–water partition coefficient (Wildman–Crippen LogP) is 5.51. The number of rotatable bonds is 6. The third-order valence-electron chi connectivity index (χ3n) is 6.34. The molecule has 1 aliphatic heterocycles. The van der Waals surface area contributed by atoms with Crippen molar-refractivity contribution in [2.75, 3.05) is 14.2 Å². The van der Waals surface area contributed by atoms with Gasteiger partial charge in [-0.2, -0.15) is 5.10 Å². The van der Waals surface area contributed by atoms with Crippen molar-refractivity contribution in [1.82, 2.24) is 15.1 Å². The van der Waals surface area contributed by atoms with Crippen LogP contribution < -0.4 is 9.47 Å². The van der Waals surface area contributed by atoms with E-state index in [1.54, 1.807) is 31.3 Å². The molecule has 0 saturated carbocycles. The number of benzene rings is 3. The maximum absolute atomic E-state index is 13.6. The van der Waals surface area contributed by atoms with Crippen molar-refractivity contribution in [3.63, 3.8) is 0 Å². The van der Waals surface area contributed by atoms with Gasteiger partial charge in [0, 0.05) is 22.7 Å². The zero-order valence-corrected chi connectivity index (χ0v) is 20.3. The number of methoxy groups -OCH3 is 2. The Morgan fingerprint density at radius 1 is 1.03 bits per heavy atom. The smallest absolute Gasteiger partial charge is 0.273 e. The fourth-order valence-corrected chi connectivity index (χ4v) is 4.65. The minimum Gasteiger partial charge on any atom is -0.507 e. The molecule has 4 aromatic rings. The van der Waals surface area contributed by atoms with E-state index >= 15 is 0 Å². The number of hydrogen-bond acceptors (Lipinski definition) is 5. The number of aromatic hydroxyl groups is 1. The lowest BCUT2D eigenvalue weighted by atomic mass is 9.95. The van der Waals surface area contributed by atoms with Crippen LogP contribution >= 0.6 is 11.6 Å². The average Bonchev–Trinajstić information content (AvgIpc) is 3.41. The number of fused-ring (bicyclic) bond motifs is 1. The quantitative estimate of drug-likeness (QED) is 0.373. The number of carbonyl (C=O) groups is 1. The highest BCUT2D eigenvalue weighted by Gasteiger charge is 2.42. The molecule has 0 radical (unpaired) electrons. The van der Waals surface area contributed by atoms with Gasteiger partial charge in [0.15, 0.2) is 0 Å². The number of phenolic OH excluding ortho intramolecular Hbond substituents is 1. The first-order valence-electron chi connectivity index (χ1n) is 11.1. The van der Waals surface area contributed by atoms with Crippen LogP contribution in [0.25, 0.3) is 11.3 Å². The molecule has 1 aliphatic rings. The minimum absolute atomic E-state index is 0.0516. The molecule has 0 aliphatic carbocycles. The van der Waals surface area contributed by atoms with E-state index in [4.69, 9.17) is 21.1 Å². The van der Waals surface area contributed by atoms with Crippen LogP contribution in [0.5, 0.6) is 17.2 Å². The van der Waals surface area contributed by atoms with Crippen molar-refractivity contribution >= 4 is 17.5 Å². The van der Waals surface area contributed by atoms with Crippen LogP contribution in [0.3, 0.4) is 0 Å². The normalized spacial score (nSPS) is 14.8. The fraction of sp³-hybridized carbons (Fsp3) is 0.185. The molecule has 35 heavy (non-hydrogen) atoms. The molecule has 0 saturated heterocycles. The second kappa shape index (κ2) is 9.00. The first-order chi connectivity index (χ1) is 16.9. The van der Waals surface area contributed by atoms with Gasteiger partial charge < -0.3 is 19.5 Å². The molecular weight excluding hydrogens is 466 g/mol. The van der Waals surface area contributed by atoms with Gasteiger partial charge >= 0.3 is 0 Å². The van der Waals surface area contributed by atoms with Gasteiger partial charge in [-0.05, 0) is 60.0 Å². The average molecular weight is 490 g/mol. The molecule has 2 N–H and O–H groups in total. The number of nitrogens with one attached hydrogen (secondary N) is 1.